The van der Waals surface area contributed by atoms with Crippen LogP contribution in [0.1, 0.15) is 20.8 Å². The van der Waals surface area contributed by atoms with Gasteiger partial charge in [0.1, 0.15) is 6.04 Å². The zero-order valence-corrected chi connectivity index (χ0v) is 8.00. The summed E-state index contributed by atoms with van der Waals surface area (Å²) in [6, 6.07) is -1.06. The van der Waals surface area contributed by atoms with Crippen LogP contribution in [-0.2, 0) is 9.59 Å². The van der Waals surface area contributed by atoms with Gasteiger partial charge >= 0.3 is 11.9 Å². The van der Waals surface area contributed by atoms with E-state index in [0.29, 0.717) is 6.54 Å². The number of hydrogen-bond acceptors (Lipinski definition) is 3. The van der Waals surface area contributed by atoms with E-state index in [1.165, 1.54) is 13.8 Å². The summed E-state index contributed by atoms with van der Waals surface area (Å²) in [5, 5.41) is 20.2. The number of carbonyl (C=O) groups is 2. The van der Waals surface area contributed by atoms with Crippen LogP contribution in [0.5, 0.6) is 0 Å². The summed E-state index contributed by atoms with van der Waals surface area (Å²) >= 11 is 0. The average Bonchev–Trinajstić information content (AvgIpc) is 1.98. The van der Waals surface area contributed by atoms with Crippen LogP contribution in [0.25, 0.3) is 0 Å². The fraction of sp³-hybridized carbons (Fsp3) is 0.750. The standard InChI is InChI=1S/C8H15NO4/c1-4-9-5(6(10)11)8(2,3)7(12)13/h5,9H,4H2,1-3H3,(H,10,11)(H,12,13)/t5-/m1/s1. The Bertz CT molecular complexity index is 212. The van der Waals surface area contributed by atoms with Gasteiger partial charge < -0.3 is 15.5 Å². The average molecular weight is 189 g/mol. The third-order valence-electron chi connectivity index (χ3n) is 1.93. The molecule has 0 unspecified atom stereocenters. The van der Waals surface area contributed by atoms with Gasteiger partial charge in [-0.05, 0) is 20.4 Å². The molecule has 0 aliphatic heterocycles. The highest BCUT2D eigenvalue weighted by molar-refractivity contribution is 5.85. The topological polar surface area (TPSA) is 86.6 Å². The minimum absolute atomic E-state index is 0.424. The van der Waals surface area contributed by atoms with Gasteiger partial charge in [0, 0.05) is 0 Å². The molecular formula is C8H15NO4. The van der Waals surface area contributed by atoms with E-state index in [1.54, 1.807) is 6.92 Å². The molecule has 13 heavy (non-hydrogen) atoms. The van der Waals surface area contributed by atoms with E-state index in [1.807, 2.05) is 0 Å². The molecule has 0 heterocycles. The van der Waals surface area contributed by atoms with Gasteiger partial charge in [0.2, 0.25) is 0 Å². The van der Waals surface area contributed by atoms with Crippen molar-refractivity contribution in [3.05, 3.63) is 0 Å². The highest BCUT2D eigenvalue weighted by Crippen LogP contribution is 2.20. The Morgan fingerprint density at radius 2 is 1.85 bits per heavy atom. The van der Waals surface area contributed by atoms with Crippen LogP contribution in [0.15, 0.2) is 0 Å². The van der Waals surface area contributed by atoms with Crippen molar-refractivity contribution in [1.29, 1.82) is 0 Å². The molecule has 1 atom stereocenters. The van der Waals surface area contributed by atoms with Crippen molar-refractivity contribution in [2.45, 2.75) is 26.8 Å². The first-order valence-corrected chi connectivity index (χ1v) is 4.03. The van der Waals surface area contributed by atoms with Gasteiger partial charge in [-0.3, -0.25) is 9.59 Å². The normalized spacial score (nSPS) is 13.8. The first-order chi connectivity index (χ1) is 5.84. The van der Waals surface area contributed by atoms with Gasteiger partial charge in [-0.2, -0.15) is 0 Å². The predicted molar refractivity (Wildman–Crippen MR) is 46.5 cm³/mol. The molecule has 76 valence electrons. The molecule has 0 bridgehead atoms. The van der Waals surface area contributed by atoms with Crippen molar-refractivity contribution in [2.24, 2.45) is 5.41 Å². The molecule has 0 saturated heterocycles. The van der Waals surface area contributed by atoms with Crippen LogP contribution >= 0.6 is 0 Å². The number of likely N-dealkylation sites (N-methyl/N-ethyl adjacent to an activating group) is 1. The SMILES string of the molecule is CCN[C@H](C(=O)O)C(C)(C)C(=O)O. The van der Waals surface area contributed by atoms with E-state index in [2.05, 4.69) is 5.32 Å². The van der Waals surface area contributed by atoms with E-state index in [-0.39, 0.29) is 0 Å². The molecule has 0 aromatic heterocycles. The van der Waals surface area contributed by atoms with Crippen LogP contribution in [-0.4, -0.2) is 34.7 Å². The fourth-order valence-corrected chi connectivity index (χ4v) is 0.979. The molecular weight excluding hydrogens is 174 g/mol. The highest BCUT2D eigenvalue weighted by atomic mass is 16.4. The summed E-state index contributed by atoms with van der Waals surface area (Å²) in [6.07, 6.45) is 0. The Labute approximate surface area is 76.8 Å². The van der Waals surface area contributed by atoms with Crippen LogP contribution in [0.4, 0.5) is 0 Å². The Hall–Kier alpha value is -1.10. The lowest BCUT2D eigenvalue weighted by Gasteiger charge is -2.27. The summed E-state index contributed by atoms with van der Waals surface area (Å²) < 4.78 is 0. The second-order valence-corrected chi connectivity index (χ2v) is 3.36. The third kappa shape index (κ3) is 2.69. The smallest absolute Gasteiger partial charge is 0.321 e. The molecule has 0 aliphatic carbocycles. The van der Waals surface area contributed by atoms with Crippen LogP contribution in [0.3, 0.4) is 0 Å². The monoisotopic (exact) mass is 189 g/mol. The molecule has 0 aliphatic rings. The van der Waals surface area contributed by atoms with Gasteiger partial charge in [-0.15, -0.1) is 0 Å². The van der Waals surface area contributed by atoms with Crippen LogP contribution in [0, 0.1) is 5.41 Å². The minimum atomic E-state index is -1.30. The second-order valence-electron chi connectivity index (χ2n) is 3.36. The second kappa shape index (κ2) is 4.23. The third-order valence-corrected chi connectivity index (χ3v) is 1.93. The zero-order chi connectivity index (χ0) is 10.6. The Balaban J connectivity index is 4.71. The molecule has 0 spiro atoms. The maximum Gasteiger partial charge on any atom is 0.321 e. The summed E-state index contributed by atoms with van der Waals surface area (Å²) in [5.74, 6) is -2.27. The zero-order valence-electron chi connectivity index (χ0n) is 8.00. The van der Waals surface area contributed by atoms with Gasteiger partial charge in [0.15, 0.2) is 0 Å². The number of carboxylic acid groups (broad SMARTS) is 2. The minimum Gasteiger partial charge on any atom is -0.481 e. The molecule has 0 saturated carbocycles. The number of nitrogens with one attached hydrogen (secondary N) is 1. The van der Waals surface area contributed by atoms with E-state index < -0.39 is 23.4 Å². The van der Waals surface area contributed by atoms with E-state index >= 15 is 0 Å². The fourth-order valence-electron chi connectivity index (χ4n) is 0.979. The highest BCUT2D eigenvalue weighted by Gasteiger charge is 2.41. The molecule has 3 N–H and O–H groups in total. The number of rotatable bonds is 5. The van der Waals surface area contributed by atoms with Crippen molar-refractivity contribution in [3.8, 4) is 0 Å². The van der Waals surface area contributed by atoms with E-state index in [4.69, 9.17) is 10.2 Å². The lowest BCUT2D eigenvalue weighted by molar-refractivity contribution is -0.156. The van der Waals surface area contributed by atoms with Crippen molar-refractivity contribution in [3.63, 3.8) is 0 Å². The number of aliphatic carboxylic acids is 2. The maximum atomic E-state index is 10.7. The van der Waals surface area contributed by atoms with Gasteiger partial charge in [-0.25, -0.2) is 0 Å². The maximum absolute atomic E-state index is 10.7. The van der Waals surface area contributed by atoms with Crippen molar-refractivity contribution < 1.29 is 19.8 Å². The summed E-state index contributed by atoms with van der Waals surface area (Å²) in [5.41, 5.74) is -1.30. The van der Waals surface area contributed by atoms with Crippen molar-refractivity contribution in [2.75, 3.05) is 6.54 Å². The first kappa shape index (κ1) is 11.9. The van der Waals surface area contributed by atoms with Gasteiger partial charge in [0.25, 0.3) is 0 Å². The van der Waals surface area contributed by atoms with E-state index in [0.717, 1.165) is 0 Å². The Morgan fingerprint density at radius 3 is 2.08 bits per heavy atom. The largest absolute Gasteiger partial charge is 0.481 e. The van der Waals surface area contributed by atoms with Crippen LogP contribution < -0.4 is 5.32 Å². The molecule has 0 rings (SSSR count). The molecule has 5 nitrogen and oxygen atoms in total. The lowest BCUT2D eigenvalue weighted by Crippen LogP contribution is -2.51. The number of carboxylic acids is 2. The van der Waals surface area contributed by atoms with E-state index in [9.17, 15) is 9.59 Å². The summed E-state index contributed by atoms with van der Waals surface area (Å²) in [4.78, 5) is 21.5. The summed E-state index contributed by atoms with van der Waals surface area (Å²) in [6.45, 7) is 4.93. The quantitative estimate of drug-likeness (QED) is 0.573. The molecule has 5 heteroatoms. The molecule has 0 aromatic rings. The van der Waals surface area contributed by atoms with Crippen molar-refractivity contribution in [1.82, 2.24) is 5.32 Å². The van der Waals surface area contributed by atoms with Gasteiger partial charge in [-0.1, -0.05) is 6.92 Å². The predicted octanol–water partition coefficient (Wildman–Crippen LogP) is 0.160. The lowest BCUT2D eigenvalue weighted by atomic mass is 9.84. The van der Waals surface area contributed by atoms with Crippen molar-refractivity contribution >= 4 is 11.9 Å². The Morgan fingerprint density at radius 1 is 1.38 bits per heavy atom. The molecule has 0 aromatic carbocycles. The molecule has 0 fully saturated rings. The van der Waals surface area contributed by atoms with Crippen LogP contribution in [0.2, 0.25) is 0 Å². The Kier molecular flexibility index (Phi) is 3.87. The molecule has 0 radical (unpaired) electrons. The number of hydrogen-bond donors (Lipinski definition) is 3. The summed E-state index contributed by atoms with van der Waals surface area (Å²) in [7, 11) is 0. The first-order valence-electron chi connectivity index (χ1n) is 4.03. The van der Waals surface area contributed by atoms with Gasteiger partial charge in [0.05, 0.1) is 5.41 Å². The molecule has 0 amide bonds.